The predicted octanol–water partition coefficient (Wildman–Crippen LogP) is -6.07. The maximum Gasteiger partial charge on any atom is -1.00 e. The van der Waals surface area contributed by atoms with Gasteiger partial charge in [0, 0.05) is 0 Å². The maximum atomic E-state index is 2.27. The van der Waals surface area contributed by atoms with Gasteiger partial charge >= 0.3 is 85.0 Å². The molecule has 0 heterocycles. The third-order valence-corrected chi connectivity index (χ3v) is 3.40. The van der Waals surface area contributed by atoms with E-state index in [-0.39, 0.29) is 37.2 Å². The molecule has 80 valence electrons. The molecule has 0 N–H and O–H groups in total. The summed E-state index contributed by atoms with van der Waals surface area (Å²) in [6.07, 6.45) is 4.53. The molecule has 2 rings (SSSR count). The Labute approximate surface area is 122 Å². The van der Waals surface area contributed by atoms with Crippen LogP contribution in [0.15, 0.2) is 18.2 Å². The molecule has 0 saturated heterocycles. The fraction of sp³-hybridized carbons (Fsp3) is 0.273. The summed E-state index contributed by atoms with van der Waals surface area (Å²) in [4.78, 5) is 0. The minimum atomic E-state index is 0. The smallest absolute Gasteiger partial charge is 1.00 e. The Bertz CT molecular complexity index is 361. The van der Waals surface area contributed by atoms with Gasteiger partial charge in [-0.1, -0.05) is 0 Å². The van der Waals surface area contributed by atoms with Gasteiger partial charge in [0.25, 0.3) is 0 Å². The van der Waals surface area contributed by atoms with E-state index in [0.29, 0.717) is 4.22 Å². The van der Waals surface area contributed by atoms with Crippen LogP contribution in [0.25, 0.3) is 6.08 Å². The number of hydrogen-bond acceptors (Lipinski definition) is 0. The summed E-state index contributed by atoms with van der Waals surface area (Å²) in [6.45, 7) is 4.38. The van der Waals surface area contributed by atoms with Gasteiger partial charge in [0.2, 0.25) is 0 Å². The quantitative estimate of drug-likeness (QED) is 0.418. The van der Waals surface area contributed by atoms with E-state index in [1.54, 1.807) is 0 Å². The van der Waals surface area contributed by atoms with Crippen LogP contribution in [0.4, 0.5) is 0 Å². The Hall–Kier alpha value is 0.544. The third kappa shape index (κ3) is 3.25. The summed E-state index contributed by atoms with van der Waals surface area (Å²) in [6, 6.07) is 4.47. The molecule has 0 fully saturated rings. The van der Waals surface area contributed by atoms with E-state index in [9.17, 15) is 0 Å². The van der Waals surface area contributed by atoms with Crippen molar-refractivity contribution in [1.82, 2.24) is 0 Å². The van der Waals surface area contributed by atoms with Gasteiger partial charge in [-0.25, -0.2) is 0 Å². The fourth-order valence-electron chi connectivity index (χ4n) is 1.65. The van der Waals surface area contributed by atoms with E-state index in [1.807, 2.05) is 0 Å². The average Bonchev–Trinajstić information content (AvgIpc) is 2.41. The van der Waals surface area contributed by atoms with Gasteiger partial charge in [0.1, 0.15) is 0 Å². The van der Waals surface area contributed by atoms with Gasteiger partial charge in [-0.3, -0.25) is 0 Å². The molecule has 0 nitrogen and oxygen atoms in total. The van der Waals surface area contributed by atoms with Crippen LogP contribution < -0.4 is 37.2 Å². The Balaban J connectivity index is 0. The molecule has 0 radical (unpaired) electrons. The number of benzene rings is 1. The van der Waals surface area contributed by atoms with Crippen LogP contribution in [-0.2, 0) is 20.4 Å². The molecule has 0 saturated carbocycles. The Kier molecular flexibility index (Phi) is 8.35. The minimum absolute atomic E-state index is 0. The Morgan fingerprint density at radius 3 is 2.27 bits per heavy atom. The summed E-state index contributed by atoms with van der Waals surface area (Å²) in [5, 5.41) is 0. The van der Waals surface area contributed by atoms with Gasteiger partial charge in [-0.2, -0.15) is 0 Å². The van der Waals surface area contributed by atoms with Crippen molar-refractivity contribution in [3.63, 3.8) is 0 Å². The largest absolute Gasteiger partial charge is 1.00 e. The first-order valence-corrected chi connectivity index (χ1v) is 5.09. The SMILES string of the molecule is Cc1ccc2c(c1C)C=C[CH]2[Ti+3].[Cl-].[Cl-].[Cl-]. The molecule has 1 aliphatic rings. The van der Waals surface area contributed by atoms with E-state index in [0.717, 1.165) is 0 Å². The molecule has 1 aromatic rings. The van der Waals surface area contributed by atoms with E-state index >= 15 is 0 Å². The second-order valence-electron chi connectivity index (χ2n) is 3.35. The van der Waals surface area contributed by atoms with Crippen molar-refractivity contribution in [3.05, 3.63) is 40.5 Å². The standard InChI is InChI=1S/C11H11.3ClH.Ti/c1-8-6-7-10-4-3-5-11(10)9(8)2;;;;/h3-7H,1-2H3;3*1H;/q;;;;+3/p-3. The van der Waals surface area contributed by atoms with Gasteiger partial charge in [-0.15, -0.1) is 0 Å². The zero-order valence-electron chi connectivity index (χ0n) is 8.52. The van der Waals surface area contributed by atoms with Crippen LogP contribution in [0.1, 0.15) is 26.5 Å². The zero-order valence-corrected chi connectivity index (χ0v) is 12.3. The number of aryl methyl sites for hydroxylation is 1. The van der Waals surface area contributed by atoms with Crippen molar-refractivity contribution in [1.29, 1.82) is 0 Å². The predicted molar refractivity (Wildman–Crippen MR) is 47.7 cm³/mol. The van der Waals surface area contributed by atoms with Crippen LogP contribution in [-0.4, -0.2) is 0 Å². The number of rotatable bonds is 0. The molecule has 1 aliphatic carbocycles. The van der Waals surface area contributed by atoms with E-state index in [2.05, 4.69) is 58.6 Å². The van der Waals surface area contributed by atoms with E-state index in [4.69, 9.17) is 0 Å². The average molecular weight is 297 g/mol. The molecule has 0 amide bonds. The van der Waals surface area contributed by atoms with Crippen molar-refractivity contribution in [2.45, 2.75) is 18.1 Å². The topological polar surface area (TPSA) is 0 Å². The van der Waals surface area contributed by atoms with Crippen molar-refractivity contribution >= 4 is 6.08 Å². The summed E-state index contributed by atoms with van der Waals surface area (Å²) in [5.41, 5.74) is 5.76. The molecule has 15 heavy (non-hydrogen) atoms. The summed E-state index contributed by atoms with van der Waals surface area (Å²) >= 11 is 2.25. The normalized spacial score (nSPS) is 15.9. The molecule has 1 unspecified atom stereocenters. The first-order chi connectivity index (χ1) is 5.70. The first kappa shape index (κ1) is 17.9. The number of fused-ring (bicyclic) bond motifs is 1. The summed E-state index contributed by atoms with van der Waals surface area (Å²) < 4.78 is 0.610. The third-order valence-electron chi connectivity index (χ3n) is 2.61. The number of halogens is 3. The van der Waals surface area contributed by atoms with Gasteiger partial charge in [0.15, 0.2) is 0 Å². The molecular weight excluding hydrogens is 286 g/mol. The van der Waals surface area contributed by atoms with Crippen molar-refractivity contribution in [2.75, 3.05) is 0 Å². The monoisotopic (exact) mass is 296 g/mol. The van der Waals surface area contributed by atoms with Crippen LogP contribution in [0.5, 0.6) is 0 Å². The fourth-order valence-corrected chi connectivity index (χ4v) is 2.19. The molecule has 4 heteroatoms. The van der Waals surface area contributed by atoms with Crippen molar-refractivity contribution < 1.29 is 57.7 Å². The number of hydrogen-bond donors (Lipinski definition) is 0. The van der Waals surface area contributed by atoms with Crippen LogP contribution in [0.3, 0.4) is 0 Å². The van der Waals surface area contributed by atoms with E-state index in [1.165, 1.54) is 22.3 Å². The second-order valence-corrected chi connectivity index (χ2v) is 4.32. The summed E-state index contributed by atoms with van der Waals surface area (Å²) in [7, 11) is 0. The molecule has 0 bridgehead atoms. The first-order valence-electron chi connectivity index (χ1n) is 4.19. The van der Waals surface area contributed by atoms with E-state index < -0.39 is 0 Å². The molecular formula is C11H11Cl3Ti. The minimum Gasteiger partial charge on any atom is -1.00 e. The van der Waals surface area contributed by atoms with Gasteiger partial charge < -0.3 is 37.2 Å². The Morgan fingerprint density at radius 1 is 1.07 bits per heavy atom. The van der Waals surface area contributed by atoms with Crippen molar-refractivity contribution in [3.8, 4) is 0 Å². The molecule has 0 aromatic heterocycles. The molecule has 0 spiro atoms. The zero-order chi connectivity index (χ0) is 8.72. The Morgan fingerprint density at radius 2 is 1.67 bits per heavy atom. The molecule has 1 atom stereocenters. The van der Waals surface area contributed by atoms with Crippen molar-refractivity contribution in [2.24, 2.45) is 0 Å². The maximum absolute atomic E-state index is 2.27. The second kappa shape index (κ2) is 6.98. The number of allylic oxidation sites excluding steroid dienone is 1. The van der Waals surface area contributed by atoms with Gasteiger partial charge in [0.05, 0.1) is 0 Å². The molecule has 1 aromatic carbocycles. The summed E-state index contributed by atoms with van der Waals surface area (Å²) in [5.74, 6) is 0. The molecule has 0 aliphatic heterocycles. The van der Waals surface area contributed by atoms with Gasteiger partial charge in [-0.05, 0) is 0 Å². The van der Waals surface area contributed by atoms with Crippen LogP contribution in [0.2, 0.25) is 0 Å². The van der Waals surface area contributed by atoms with Crippen LogP contribution >= 0.6 is 0 Å². The van der Waals surface area contributed by atoms with Crippen LogP contribution in [0, 0.1) is 13.8 Å².